The number of fused-ring (bicyclic) bond motifs is 7. The first-order valence-electron chi connectivity index (χ1n) is 18.1. The molecule has 1 aliphatic rings. The Morgan fingerprint density at radius 3 is 2.04 bits per heavy atom. The second-order valence-electron chi connectivity index (χ2n) is 13.8. The van der Waals surface area contributed by atoms with Gasteiger partial charge in [0.25, 0.3) is 0 Å². The fourth-order valence-corrected chi connectivity index (χ4v) is 8.40. The summed E-state index contributed by atoms with van der Waals surface area (Å²) in [6.45, 7) is 0. The molecule has 8 aromatic carbocycles. The summed E-state index contributed by atoms with van der Waals surface area (Å²) in [6, 6.07) is 67.3. The van der Waals surface area contributed by atoms with Crippen LogP contribution in [-0.2, 0) is 0 Å². The largest absolute Gasteiger partial charge is 0.456 e. The van der Waals surface area contributed by atoms with Gasteiger partial charge in [0.2, 0.25) is 0 Å². The van der Waals surface area contributed by atoms with Gasteiger partial charge in [-0.1, -0.05) is 109 Å². The van der Waals surface area contributed by atoms with E-state index >= 15 is 0 Å². The van der Waals surface area contributed by atoms with Crippen molar-refractivity contribution in [1.29, 1.82) is 0 Å². The Morgan fingerprint density at radius 1 is 0.453 bits per heavy atom. The Hall–Kier alpha value is -7.04. The highest BCUT2D eigenvalue weighted by Crippen LogP contribution is 2.47. The molecule has 1 N–H and O–H groups in total. The van der Waals surface area contributed by atoms with Crippen molar-refractivity contribution in [3.05, 3.63) is 194 Å². The highest BCUT2D eigenvalue weighted by molar-refractivity contribution is 6.16. The first kappa shape index (κ1) is 29.7. The van der Waals surface area contributed by atoms with Crippen LogP contribution >= 0.6 is 0 Å². The van der Waals surface area contributed by atoms with Gasteiger partial charge in [-0.25, -0.2) is 0 Å². The molecule has 10 aromatic rings. The summed E-state index contributed by atoms with van der Waals surface area (Å²) in [5.74, 6) is 0. The van der Waals surface area contributed by atoms with Gasteiger partial charge < -0.3 is 19.2 Å². The Morgan fingerprint density at radius 2 is 1.17 bits per heavy atom. The maximum absolute atomic E-state index is 6.62. The number of hydrogen-bond acceptors (Lipinski definition) is 3. The number of anilines is 3. The molecule has 0 amide bonds. The zero-order valence-electron chi connectivity index (χ0n) is 28.8. The van der Waals surface area contributed by atoms with Crippen LogP contribution < -0.4 is 10.2 Å². The average Bonchev–Trinajstić information content (AvgIpc) is 3.91. The van der Waals surface area contributed by atoms with Crippen LogP contribution in [0.3, 0.4) is 0 Å². The van der Waals surface area contributed by atoms with Gasteiger partial charge in [0.1, 0.15) is 17.3 Å². The normalized spacial score (nSPS) is 14.0. The summed E-state index contributed by atoms with van der Waals surface area (Å²) < 4.78 is 8.99. The molecule has 11 rings (SSSR count). The van der Waals surface area contributed by atoms with Crippen molar-refractivity contribution in [2.75, 3.05) is 10.2 Å². The quantitative estimate of drug-likeness (QED) is 0.197. The fraction of sp³-hybridized carbons (Fsp3) is 0.0204. The first-order chi connectivity index (χ1) is 26.3. The van der Waals surface area contributed by atoms with Crippen molar-refractivity contribution in [3.8, 4) is 27.9 Å². The summed E-state index contributed by atoms with van der Waals surface area (Å²) in [5, 5.41) is 8.53. The van der Waals surface area contributed by atoms with E-state index in [0.29, 0.717) is 0 Å². The lowest BCUT2D eigenvalue weighted by Gasteiger charge is -2.27. The molecule has 4 nitrogen and oxygen atoms in total. The minimum absolute atomic E-state index is 0.0616. The van der Waals surface area contributed by atoms with Crippen LogP contribution in [0, 0.1) is 0 Å². The van der Waals surface area contributed by atoms with Gasteiger partial charge in [-0.3, -0.25) is 0 Å². The summed E-state index contributed by atoms with van der Waals surface area (Å²) >= 11 is 0. The Labute approximate surface area is 306 Å². The van der Waals surface area contributed by atoms with Crippen molar-refractivity contribution >= 4 is 60.8 Å². The monoisotopic (exact) mass is 679 g/mol. The summed E-state index contributed by atoms with van der Waals surface area (Å²) in [4.78, 5) is 2.39. The zero-order valence-corrected chi connectivity index (χ0v) is 28.8. The van der Waals surface area contributed by atoms with Gasteiger partial charge in [0, 0.05) is 32.9 Å². The molecule has 4 heteroatoms. The molecular formula is C49H33N3O. The van der Waals surface area contributed by atoms with E-state index in [1.807, 2.05) is 6.07 Å². The molecule has 0 saturated heterocycles. The van der Waals surface area contributed by atoms with Crippen molar-refractivity contribution in [3.63, 3.8) is 0 Å². The lowest BCUT2D eigenvalue weighted by molar-refractivity contribution is 0.669. The molecule has 0 saturated carbocycles. The smallest absolute Gasteiger partial charge is 0.136 e. The lowest BCUT2D eigenvalue weighted by Crippen LogP contribution is -2.23. The molecule has 2 aromatic heterocycles. The van der Waals surface area contributed by atoms with E-state index in [9.17, 15) is 0 Å². The molecule has 250 valence electrons. The van der Waals surface area contributed by atoms with Crippen LogP contribution in [0.25, 0.3) is 71.7 Å². The molecule has 0 aliphatic carbocycles. The molecule has 1 unspecified atom stereocenters. The van der Waals surface area contributed by atoms with Gasteiger partial charge >= 0.3 is 0 Å². The van der Waals surface area contributed by atoms with Crippen molar-refractivity contribution in [2.24, 2.45) is 0 Å². The number of hydrogen-bond donors (Lipinski definition) is 1. The van der Waals surface area contributed by atoms with Gasteiger partial charge in [-0.2, -0.15) is 0 Å². The van der Waals surface area contributed by atoms with E-state index in [0.717, 1.165) is 61.3 Å². The number of aromatic nitrogens is 1. The molecule has 0 fully saturated rings. The first-order valence-corrected chi connectivity index (χ1v) is 18.1. The SMILES string of the molecule is c1ccc(N2c3ccccc3NC2c2cccc(-c3cc(-c4ccc5c(c4)c4ccccc4n5-c4ccccc4)c4c(c3)oc3ccccc34)c2)cc1. The van der Waals surface area contributed by atoms with Gasteiger partial charge in [0.15, 0.2) is 0 Å². The number of nitrogens with zero attached hydrogens (tertiary/aromatic N) is 2. The minimum atomic E-state index is -0.0616. The van der Waals surface area contributed by atoms with Crippen LogP contribution in [0.15, 0.2) is 192 Å². The summed E-state index contributed by atoms with van der Waals surface area (Å²) in [7, 11) is 0. The Kier molecular flexibility index (Phi) is 6.58. The molecule has 0 bridgehead atoms. The third kappa shape index (κ3) is 4.69. The van der Waals surface area contributed by atoms with E-state index in [1.54, 1.807) is 0 Å². The maximum atomic E-state index is 6.62. The predicted octanol–water partition coefficient (Wildman–Crippen LogP) is 13.3. The van der Waals surface area contributed by atoms with E-state index in [-0.39, 0.29) is 6.17 Å². The number of benzene rings is 8. The Bertz CT molecular complexity index is 2990. The molecule has 0 spiro atoms. The van der Waals surface area contributed by atoms with Crippen LogP contribution in [0.4, 0.5) is 17.1 Å². The average molecular weight is 680 g/mol. The molecule has 1 atom stereocenters. The highest BCUT2D eigenvalue weighted by Gasteiger charge is 2.31. The van der Waals surface area contributed by atoms with Crippen molar-refractivity contribution in [1.82, 2.24) is 4.57 Å². The number of nitrogens with one attached hydrogen (secondary N) is 1. The standard InChI is InChI=1S/C49H33N3O/c1-3-16-36(17-4-1)51-43-23-10-7-20-38(43)41-29-33(26-27-44(41)51)40-30-35(31-47-48(40)39-21-8-12-25-46(39)53-47)32-14-13-15-34(28-32)49-50-42-22-9-11-24-45(42)52(49)37-18-5-2-6-19-37/h1-31,49-50H. The van der Waals surface area contributed by atoms with Crippen LogP contribution in [0.1, 0.15) is 11.7 Å². The maximum Gasteiger partial charge on any atom is 0.136 e. The lowest BCUT2D eigenvalue weighted by atomic mass is 9.93. The zero-order chi connectivity index (χ0) is 34.9. The van der Waals surface area contributed by atoms with E-state index in [4.69, 9.17) is 4.42 Å². The van der Waals surface area contributed by atoms with Crippen molar-refractivity contribution < 1.29 is 4.42 Å². The minimum Gasteiger partial charge on any atom is -0.456 e. The van der Waals surface area contributed by atoms with Gasteiger partial charge in [-0.05, 0) is 107 Å². The van der Waals surface area contributed by atoms with Crippen LogP contribution in [0.2, 0.25) is 0 Å². The van der Waals surface area contributed by atoms with E-state index < -0.39 is 0 Å². The predicted molar refractivity (Wildman–Crippen MR) is 220 cm³/mol. The molecular weight excluding hydrogens is 647 g/mol. The molecule has 53 heavy (non-hydrogen) atoms. The van der Waals surface area contributed by atoms with E-state index in [1.165, 1.54) is 33.1 Å². The topological polar surface area (TPSA) is 33.3 Å². The van der Waals surface area contributed by atoms with Gasteiger partial charge in [-0.15, -0.1) is 0 Å². The van der Waals surface area contributed by atoms with E-state index in [2.05, 4.69) is 197 Å². The van der Waals surface area contributed by atoms with Crippen LogP contribution in [0.5, 0.6) is 0 Å². The number of rotatable bonds is 5. The summed E-state index contributed by atoms with van der Waals surface area (Å²) in [5.41, 5.74) is 14.5. The van der Waals surface area contributed by atoms with Crippen molar-refractivity contribution in [2.45, 2.75) is 6.17 Å². The summed E-state index contributed by atoms with van der Waals surface area (Å²) in [6.07, 6.45) is -0.0616. The third-order valence-electron chi connectivity index (χ3n) is 10.8. The molecule has 3 heterocycles. The fourth-order valence-electron chi connectivity index (χ4n) is 8.40. The Balaban J connectivity index is 1.10. The second-order valence-corrected chi connectivity index (χ2v) is 13.8. The number of para-hydroxylation sites is 6. The van der Waals surface area contributed by atoms with Crippen LogP contribution in [-0.4, -0.2) is 4.57 Å². The second kappa shape index (κ2) is 11.8. The highest BCUT2D eigenvalue weighted by atomic mass is 16.3. The molecule has 1 aliphatic heterocycles. The van der Waals surface area contributed by atoms with Gasteiger partial charge in [0.05, 0.1) is 22.4 Å². The molecule has 0 radical (unpaired) electrons. The third-order valence-corrected chi connectivity index (χ3v) is 10.8. The number of furan rings is 1.